The minimum atomic E-state index is -1.36. The van der Waals surface area contributed by atoms with Crippen LogP contribution >= 0.6 is 0 Å². The largest absolute Gasteiger partial charge is 0.475 e. The zero-order chi connectivity index (χ0) is 11.0. The van der Waals surface area contributed by atoms with E-state index < -0.39 is 23.2 Å². The summed E-state index contributed by atoms with van der Waals surface area (Å²) >= 11 is 0. The first-order valence-electron chi connectivity index (χ1n) is 4.05. The van der Waals surface area contributed by atoms with Gasteiger partial charge in [-0.2, -0.15) is 0 Å². The Morgan fingerprint density at radius 1 is 1.40 bits per heavy atom. The molecule has 0 aliphatic carbocycles. The highest BCUT2D eigenvalue weighted by Gasteiger charge is 2.12. The average molecular weight is 208 g/mol. The lowest BCUT2D eigenvalue weighted by molar-refractivity contribution is 0.0658. The van der Waals surface area contributed by atoms with Gasteiger partial charge in [-0.1, -0.05) is 12.1 Å². The van der Waals surface area contributed by atoms with Gasteiger partial charge in [0.25, 0.3) is 0 Å². The molecule has 0 spiro atoms. The van der Waals surface area contributed by atoms with Crippen LogP contribution in [0.2, 0.25) is 0 Å². The molecular weight excluding hydrogens is 203 g/mol. The Balaban J connectivity index is 2.91. The van der Waals surface area contributed by atoms with Crippen molar-refractivity contribution in [2.75, 3.05) is 0 Å². The molecule has 0 saturated heterocycles. The molecule has 0 atom stereocenters. The molecule has 0 aliphatic heterocycles. The number of fused-ring (bicyclic) bond motifs is 1. The van der Waals surface area contributed by atoms with Gasteiger partial charge in [0.2, 0.25) is 5.76 Å². The average Bonchev–Trinajstić information content (AvgIpc) is 2.17. The van der Waals surface area contributed by atoms with Crippen molar-refractivity contribution in [3.05, 3.63) is 46.3 Å². The van der Waals surface area contributed by atoms with Gasteiger partial charge in [-0.25, -0.2) is 14.0 Å². The van der Waals surface area contributed by atoms with E-state index in [1.165, 1.54) is 12.1 Å². The van der Waals surface area contributed by atoms with Crippen LogP contribution in [0.1, 0.15) is 10.6 Å². The minimum absolute atomic E-state index is 0.212. The summed E-state index contributed by atoms with van der Waals surface area (Å²) in [5, 5.41) is 8.59. The Morgan fingerprint density at radius 2 is 2.13 bits per heavy atom. The van der Waals surface area contributed by atoms with E-state index in [0.717, 1.165) is 12.1 Å². The molecule has 0 unspecified atom stereocenters. The van der Waals surface area contributed by atoms with E-state index >= 15 is 0 Å². The fourth-order valence-corrected chi connectivity index (χ4v) is 1.30. The third-order valence-electron chi connectivity index (χ3n) is 1.95. The van der Waals surface area contributed by atoms with Crippen LogP contribution in [0.15, 0.2) is 33.5 Å². The summed E-state index contributed by atoms with van der Waals surface area (Å²) in [6, 6.07) is 5.06. The van der Waals surface area contributed by atoms with Crippen LogP contribution in [0.25, 0.3) is 10.8 Å². The standard InChI is InChI=1S/C10H5FO4/c11-6-3-1-2-5-4-7(9(12)13)15-10(14)8(5)6/h1-4H,(H,12,13). The molecule has 0 aliphatic rings. The molecule has 1 aromatic heterocycles. The van der Waals surface area contributed by atoms with E-state index in [1.807, 2.05) is 0 Å². The number of rotatable bonds is 1. The van der Waals surface area contributed by atoms with Crippen LogP contribution in [-0.4, -0.2) is 11.1 Å². The van der Waals surface area contributed by atoms with E-state index in [2.05, 4.69) is 4.42 Å². The zero-order valence-corrected chi connectivity index (χ0v) is 7.36. The second kappa shape index (κ2) is 3.20. The van der Waals surface area contributed by atoms with Crippen LogP contribution in [0.5, 0.6) is 0 Å². The van der Waals surface area contributed by atoms with Gasteiger partial charge >= 0.3 is 11.6 Å². The van der Waals surface area contributed by atoms with Crippen LogP contribution in [-0.2, 0) is 0 Å². The second-order valence-corrected chi connectivity index (χ2v) is 2.91. The van der Waals surface area contributed by atoms with Crippen molar-refractivity contribution >= 4 is 16.7 Å². The topological polar surface area (TPSA) is 67.5 Å². The van der Waals surface area contributed by atoms with E-state index in [4.69, 9.17) is 5.11 Å². The summed E-state index contributed by atoms with van der Waals surface area (Å²) in [5.41, 5.74) is -0.983. The highest BCUT2D eigenvalue weighted by Crippen LogP contribution is 2.15. The van der Waals surface area contributed by atoms with E-state index in [-0.39, 0.29) is 10.8 Å². The quantitative estimate of drug-likeness (QED) is 0.773. The Morgan fingerprint density at radius 3 is 2.80 bits per heavy atom. The molecule has 5 heteroatoms. The third kappa shape index (κ3) is 1.48. The van der Waals surface area contributed by atoms with Gasteiger partial charge in [0, 0.05) is 0 Å². The lowest BCUT2D eigenvalue weighted by Gasteiger charge is -1.98. The highest BCUT2D eigenvalue weighted by molar-refractivity contribution is 5.90. The number of halogens is 1. The number of carboxylic acid groups (broad SMARTS) is 1. The maximum Gasteiger partial charge on any atom is 0.371 e. The van der Waals surface area contributed by atoms with Crippen molar-refractivity contribution in [3.8, 4) is 0 Å². The number of hydrogen-bond donors (Lipinski definition) is 1. The molecule has 1 heterocycles. The lowest BCUT2D eigenvalue weighted by atomic mass is 10.1. The Labute approximate surface area is 82.6 Å². The fourth-order valence-electron chi connectivity index (χ4n) is 1.30. The summed E-state index contributed by atoms with van der Waals surface area (Å²) < 4.78 is 17.6. The van der Waals surface area contributed by atoms with Gasteiger partial charge in [0.05, 0.1) is 0 Å². The first-order chi connectivity index (χ1) is 7.09. The van der Waals surface area contributed by atoms with Gasteiger partial charge in [-0.3, -0.25) is 0 Å². The molecular formula is C10H5FO4. The van der Waals surface area contributed by atoms with Crippen LogP contribution in [0.3, 0.4) is 0 Å². The Kier molecular flexibility index (Phi) is 2.00. The van der Waals surface area contributed by atoms with Gasteiger partial charge in [0.15, 0.2) is 0 Å². The smallest absolute Gasteiger partial charge is 0.371 e. The maximum absolute atomic E-state index is 13.2. The summed E-state index contributed by atoms with van der Waals surface area (Å²) in [4.78, 5) is 21.8. The molecule has 4 nitrogen and oxygen atoms in total. The predicted octanol–water partition coefficient (Wildman–Crippen LogP) is 1.63. The molecule has 0 fully saturated rings. The summed E-state index contributed by atoms with van der Waals surface area (Å²) in [5.74, 6) is -2.59. The summed E-state index contributed by atoms with van der Waals surface area (Å²) in [6.07, 6.45) is 0. The Bertz CT molecular complexity index is 600. The molecule has 1 N–H and O–H groups in total. The van der Waals surface area contributed by atoms with Crippen LogP contribution < -0.4 is 5.63 Å². The number of carboxylic acids is 1. The van der Waals surface area contributed by atoms with Gasteiger partial charge in [-0.15, -0.1) is 0 Å². The first-order valence-corrected chi connectivity index (χ1v) is 4.05. The molecule has 76 valence electrons. The fraction of sp³-hybridized carbons (Fsp3) is 0. The van der Waals surface area contributed by atoms with Crippen LogP contribution in [0.4, 0.5) is 4.39 Å². The van der Waals surface area contributed by atoms with Crippen LogP contribution in [0, 0.1) is 5.82 Å². The monoisotopic (exact) mass is 208 g/mol. The molecule has 1 aromatic carbocycles. The number of carbonyl (C=O) groups is 1. The van der Waals surface area contributed by atoms with Crippen molar-refractivity contribution in [1.29, 1.82) is 0 Å². The van der Waals surface area contributed by atoms with Crippen molar-refractivity contribution < 1.29 is 18.7 Å². The van der Waals surface area contributed by atoms with Crippen molar-refractivity contribution in [1.82, 2.24) is 0 Å². The van der Waals surface area contributed by atoms with Crippen molar-refractivity contribution in [2.24, 2.45) is 0 Å². The molecule has 2 aromatic rings. The SMILES string of the molecule is O=C(O)c1cc2cccc(F)c2c(=O)o1. The highest BCUT2D eigenvalue weighted by atomic mass is 19.1. The Hall–Kier alpha value is -2.17. The lowest BCUT2D eigenvalue weighted by Crippen LogP contribution is -2.07. The number of benzene rings is 1. The summed E-state index contributed by atoms with van der Waals surface area (Å²) in [7, 11) is 0. The maximum atomic E-state index is 13.2. The van der Waals surface area contributed by atoms with E-state index in [1.54, 1.807) is 0 Å². The normalized spacial score (nSPS) is 10.5. The predicted molar refractivity (Wildman–Crippen MR) is 49.4 cm³/mol. The first kappa shape index (κ1) is 9.39. The zero-order valence-electron chi connectivity index (χ0n) is 7.36. The van der Waals surface area contributed by atoms with E-state index in [9.17, 15) is 14.0 Å². The second-order valence-electron chi connectivity index (χ2n) is 2.91. The van der Waals surface area contributed by atoms with E-state index in [0.29, 0.717) is 0 Å². The molecule has 0 amide bonds. The molecule has 2 rings (SSSR count). The molecule has 0 bridgehead atoms. The number of aromatic carboxylic acids is 1. The minimum Gasteiger partial charge on any atom is -0.475 e. The summed E-state index contributed by atoms with van der Waals surface area (Å²) in [6.45, 7) is 0. The number of hydrogen-bond acceptors (Lipinski definition) is 3. The van der Waals surface area contributed by atoms with Gasteiger partial charge in [0.1, 0.15) is 11.2 Å². The molecule has 0 radical (unpaired) electrons. The van der Waals surface area contributed by atoms with Gasteiger partial charge < -0.3 is 9.52 Å². The molecule has 15 heavy (non-hydrogen) atoms. The van der Waals surface area contributed by atoms with Crippen molar-refractivity contribution in [2.45, 2.75) is 0 Å². The third-order valence-corrected chi connectivity index (χ3v) is 1.95. The molecule has 0 saturated carbocycles. The van der Waals surface area contributed by atoms with Crippen molar-refractivity contribution in [3.63, 3.8) is 0 Å². The van der Waals surface area contributed by atoms with Gasteiger partial charge in [-0.05, 0) is 17.5 Å².